The maximum Gasteiger partial charge on any atom is 0.124 e. The van der Waals surface area contributed by atoms with Crippen LogP contribution in [0.1, 0.15) is 30.4 Å². The molecule has 0 spiro atoms. The lowest BCUT2D eigenvalue weighted by atomic mass is 9.92. The highest BCUT2D eigenvalue weighted by molar-refractivity contribution is 9.10. The van der Waals surface area contributed by atoms with Gasteiger partial charge in [0.05, 0.1) is 0 Å². The van der Waals surface area contributed by atoms with E-state index in [1.807, 2.05) is 12.1 Å². The van der Waals surface area contributed by atoms with E-state index in [2.05, 4.69) is 52.4 Å². The minimum Gasteiger partial charge on any atom is -0.316 e. The minimum atomic E-state index is -0.187. The Labute approximate surface area is 134 Å². The van der Waals surface area contributed by atoms with Gasteiger partial charge in [-0.15, -0.1) is 0 Å². The second kappa shape index (κ2) is 8.30. The fourth-order valence-electron chi connectivity index (χ4n) is 2.50. The maximum atomic E-state index is 13.5. The van der Waals surface area contributed by atoms with Crippen molar-refractivity contribution in [2.24, 2.45) is 0 Å². The van der Waals surface area contributed by atoms with Crippen LogP contribution in [0, 0.1) is 5.82 Å². The van der Waals surface area contributed by atoms with Crippen LogP contribution in [0.25, 0.3) is 0 Å². The molecule has 0 amide bonds. The van der Waals surface area contributed by atoms with E-state index in [1.165, 1.54) is 11.6 Å². The molecule has 1 N–H and O–H groups in total. The summed E-state index contributed by atoms with van der Waals surface area (Å²) >= 11 is 3.37. The van der Waals surface area contributed by atoms with Gasteiger partial charge in [0.1, 0.15) is 5.82 Å². The van der Waals surface area contributed by atoms with Crippen LogP contribution in [0.2, 0.25) is 0 Å². The molecule has 0 aliphatic heterocycles. The van der Waals surface area contributed by atoms with Gasteiger partial charge in [0.25, 0.3) is 0 Å². The van der Waals surface area contributed by atoms with Crippen LogP contribution in [0.5, 0.6) is 0 Å². The third kappa shape index (κ3) is 5.25. The summed E-state index contributed by atoms with van der Waals surface area (Å²) in [4.78, 5) is 0. The van der Waals surface area contributed by atoms with Gasteiger partial charge < -0.3 is 5.32 Å². The molecule has 2 aromatic carbocycles. The van der Waals surface area contributed by atoms with Gasteiger partial charge >= 0.3 is 0 Å². The summed E-state index contributed by atoms with van der Waals surface area (Å²) in [7, 11) is 0. The number of nitrogens with one attached hydrogen (secondary N) is 1. The maximum absolute atomic E-state index is 13.5. The van der Waals surface area contributed by atoms with Crippen molar-refractivity contribution >= 4 is 15.9 Å². The molecule has 0 aromatic heterocycles. The van der Waals surface area contributed by atoms with E-state index in [9.17, 15) is 4.39 Å². The van der Waals surface area contributed by atoms with E-state index < -0.39 is 0 Å². The van der Waals surface area contributed by atoms with Crippen LogP contribution >= 0.6 is 15.9 Å². The molecular weight excluding hydrogens is 329 g/mol. The zero-order chi connectivity index (χ0) is 15.1. The predicted octanol–water partition coefficient (Wildman–Crippen LogP) is 4.91. The van der Waals surface area contributed by atoms with Gasteiger partial charge in [0.2, 0.25) is 0 Å². The average molecular weight is 350 g/mol. The molecule has 0 radical (unpaired) electrons. The van der Waals surface area contributed by atoms with Gasteiger partial charge in [-0.3, -0.25) is 0 Å². The Morgan fingerprint density at radius 1 is 1.14 bits per heavy atom. The van der Waals surface area contributed by atoms with Crippen LogP contribution < -0.4 is 5.32 Å². The van der Waals surface area contributed by atoms with E-state index in [0.29, 0.717) is 5.92 Å². The zero-order valence-corrected chi connectivity index (χ0v) is 13.9. The molecule has 0 bridgehead atoms. The Kier molecular flexibility index (Phi) is 6.40. The summed E-state index contributed by atoms with van der Waals surface area (Å²) in [5.41, 5.74) is 2.32. The Balaban J connectivity index is 2.15. The van der Waals surface area contributed by atoms with Crippen molar-refractivity contribution in [3.05, 3.63) is 69.9 Å². The first-order valence-electron chi connectivity index (χ1n) is 7.39. The molecule has 3 heteroatoms. The van der Waals surface area contributed by atoms with E-state index >= 15 is 0 Å². The van der Waals surface area contributed by atoms with Gasteiger partial charge in [-0.2, -0.15) is 0 Å². The summed E-state index contributed by atoms with van der Waals surface area (Å²) in [6.07, 6.45) is 1.95. The molecule has 0 aliphatic carbocycles. The monoisotopic (exact) mass is 349 g/mol. The van der Waals surface area contributed by atoms with Crippen molar-refractivity contribution in [2.75, 3.05) is 13.1 Å². The number of halogens is 2. The zero-order valence-electron chi connectivity index (χ0n) is 12.3. The van der Waals surface area contributed by atoms with Gasteiger partial charge in [0.15, 0.2) is 0 Å². The highest BCUT2D eigenvalue weighted by Crippen LogP contribution is 2.23. The highest BCUT2D eigenvalue weighted by atomic mass is 79.9. The summed E-state index contributed by atoms with van der Waals surface area (Å²) in [6, 6.07) is 15.6. The fraction of sp³-hybridized carbons (Fsp3) is 0.333. The summed E-state index contributed by atoms with van der Waals surface area (Å²) in [6.45, 7) is 4.08. The molecule has 1 nitrogen and oxygen atoms in total. The summed E-state index contributed by atoms with van der Waals surface area (Å²) in [5.74, 6) is 0.166. The van der Waals surface area contributed by atoms with E-state index in [-0.39, 0.29) is 5.82 Å². The first-order valence-corrected chi connectivity index (χ1v) is 8.19. The lowest BCUT2D eigenvalue weighted by molar-refractivity contribution is 0.572. The number of benzene rings is 2. The second-order valence-electron chi connectivity index (χ2n) is 5.29. The van der Waals surface area contributed by atoms with Crippen LogP contribution in [-0.2, 0) is 6.42 Å². The Hall–Kier alpha value is -1.19. The lowest BCUT2D eigenvalue weighted by Crippen LogP contribution is -2.23. The van der Waals surface area contributed by atoms with Gasteiger partial charge in [-0.25, -0.2) is 4.39 Å². The Morgan fingerprint density at radius 2 is 1.90 bits per heavy atom. The molecule has 112 valence electrons. The fourth-order valence-corrected chi connectivity index (χ4v) is 3.01. The van der Waals surface area contributed by atoms with E-state index in [1.54, 1.807) is 6.07 Å². The summed E-state index contributed by atoms with van der Waals surface area (Å²) in [5, 5.41) is 3.48. The quantitative estimate of drug-likeness (QED) is 0.700. The highest BCUT2D eigenvalue weighted by Gasteiger charge is 2.13. The topological polar surface area (TPSA) is 12.0 Å². The lowest BCUT2D eigenvalue weighted by Gasteiger charge is -2.18. The number of hydrogen-bond acceptors (Lipinski definition) is 1. The SMILES string of the molecule is CCCNCC(Cc1cc(F)cc(Br)c1)c1ccccc1. The van der Waals surface area contributed by atoms with Gasteiger partial charge in [0, 0.05) is 16.9 Å². The molecule has 0 saturated heterocycles. The van der Waals surface area contributed by atoms with Crippen molar-refractivity contribution in [1.29, 1.82) is 0 Å². The van der Waals surface area contributed by atoms with Crippen LogP contribution in [-0.4, -0.2) is 13.1 Å². The average Bonchev–Trinajstić information content (AvgIpc) is 2.46. The molecule has 21 heavy (non-hydrogen) atoms. The smallest absolute Gasteiger partial charge is 0.124 e. The molecule has 0 fully saturated rings. The third-order valence-electron chi connectivity index (χ3n) is 3.49. The minimum absolute atomic E-state index is 0.187. The molecule has 0 saturated carbocycles. The van der Waals surface area contributed by atoms with Crippen LogP contribution in [0.4, 0.5) is 4.39 Å². The second-order valence-corrected chi connectivity index (χ2v) is 6.21. The van der Waals surface area contributed by atoms with E-state index in [0.717, 1.165) is 36.0 Å². The molecule has 1 atom stereocenters. The van der Waals surface area contributed by atoms with Crippen molar-refractivity contribution in [2.45, 2.75) is 25.7 Å². The van der Waals surface area contributed by atoms with Crippen molar-refractivity contribution < 1.29 is 4.39 Å². The van der Waals surface area contributed by atoms with E-state index in [4.69, 9.17) is 0 Å². The predicted molar refractivity (Wildman–Crippen MR) is 90.1 cm³/mol. The molecule has 2 aromatic rings. The molecule has 0 heterocycles. The Morgan fingerprint density at radius 3 is 2.57 bits per heavy atom. The molecular formula is C18H21BrFN. The first-order chi connectivity index (χ1) is 10.2. The van der Waals surface area contributed by atoms with Crippen molar-refractivity contribution in [3.8, 4) is 0 Å². The third-order valence-corrected chi connectivity index (χ3v) is 3.95. The first kappa shape index (κ1) is 16.2. The van der Waals surface area contributed by atoms with Crippen molar-refractivity contribution in [1.82, 2.24) is 5.32 Å². The molecule has 0 aliphatic rings. The number of hydrogen-bond donors (Lipinski definition) is 1. The van der Waals surface area contributed by atoms with Gasteiger partial charge in [-0.05, 0) is 48.7 Å². The van der Waals surface area contributed by atoms with Crippen LogP contribution in [0.15, 0.2) is 53.0 Å². The number of rotatable bonds is 7. The Bertz CT molecular complexity index is 536. The molecule has 2 rings (SSSR count). The summed E-state index contributed by atoms with van der Waals surface area (Å²) < 4.78 is 14.3. The normalized spacial score (nSPS) is 12.3. The van der Waals surface area contributed by atoms with Crippen LogP contribution in [0.3, 0.4) is 0 Å². The standard InChI is InChI=1S/C18H21BrFN/c1-2-8-21-13-16(15-6-4-3-5-7-15)9-14-10-17(19)12-18(20)11-14/h3-7,10-12,16,21H,2,8-9,13H2,1H3. The molecule has 1 unspecified atom stereocenters. The van der Waals surface area contributed by atoms with Crippen molar-refractivity contribution in [3.63, 3.8) is 0 Å². The largest absolute Gasteiger partial charge is 0.316 e. The van der Waals surface area contributed by atoms with Gasteiger partial charge in [-0.1, -0.05) is 53.2 Å².